The zero-order chi connectivity index (χ0) is 33.6. The van der Waals surface area contributed by atoms with Gasteiger partial charge in [0.15, 0.2) is 11.6 Å². The summed E-state index contributed by atoms with van der Waals surface area (Å²) in [7, 11) is 0. The average Bonchev–Trinajstić information content (AvgIpc) is 3.64. The van der Waals surface area contributed by atoms with Gasteiger partial charge in [-0.2, -0.15) is 26.3 Å². The molecule has 19 heteroatoms. The van der Waals surface area contributed by atoms with Gasteiger partial charge in [0.1, 0.15) is 18.9 Å². The van der Waals surface area contributed by atoms with Crippen LogP contribution in [0.5, 0.6) is 0 Å². The number of likely N-dealkylation sites (tertiary alicyclic amines) is 1. The van der Waals surface area contributed by atoms with Crippen molar-refractivity contribution in [2.45, 2.75) is 51.1 Å². The van der Waals surface area contributed by atoms with Crippen LogP contribution < -0.4 is 10.6 Å². The van der Waals surface area contributed by atoms with E-state index in [1.165, 1.54) is 30.3 Å². The highest BCUT2D eigenvalue weighted by Crippen LogP contribution is 2.30. The van der Waals surface area contributed by atoms with Gasteiger partial charge in [-0.25, -0.2) is 18.5 Å². The second-order valence-electron chi connectivity index (χ2n) is 11.2. The van der Waals surface area contributed by atoms with Gasteiger partial charge in [0.25, 0.3) is 0 Å². The van der Waals surface area contributed by atoms with Crippen LogP contribution in [-0.4, -0.2) is 89.9 Å². The van der Waals surface area contributed by atoms with Crippen LogP contribution in [0.4, 0.5) is 41.2 Å². The summed E-state index contributed by atoms with van der Waals surface area (Å²) in [6.45, 7) is -0.240. The SMILES string of the molecule is O=C(NCCCN1CCCC(Cc2ccc(F)cc2)C1)Nc1cc(-c2nnnn2CC(F)(F)F)cc(-c2nnnn2CC(F)(F)F)c1. The lowest BCUT2D eigenvalue weighted by molar-refractivity contribution is -0.143. The van der Waals surface area contributed by atoms with E-state index in [9.17, 15) is 35.5 Å². The van der Waals surface area contributed by atoms with E-state index in [0.29, 0.717) is 28.2 Å². The number of carbonyl (C=O) groups is 1. The highest BCUT2D eigenvalue weighted by molar-refractivity contribution is 5.91. The fourth-order valence-corrected chi connectivity index (χ4v) is 5.49. The molecule has 3 heterocycles. The molecule has 0 bridgehead atoms. The molecule has 2 amide bonds. The van der Waals surface area contributed by atoms with E-state index in [0.717, 1.165) is 44.5 Å². The normalized spacial score (nSPS) is 15.9. The van der Waals surface area contributed by atoms with Gasteiger partial charge in [-0.1, -0.05) is 12.1 Å². The summed E-state index contributed by atoms with van der Waals surface area (Å²) >= 11 is 0. The number of anilines is 1. The third-order valence-electron chi connectivity index (χ3n) is 7.41. The van der Waals surface area contributed by atoms with E-state index in [-0.39, 0.29) is 34.3 Å². The van der Waals surface area contributed by atoms with Crippen LogP contribution >= 0.6 is 0 Å². The number of carbonyl (C=O) groups excluding carboxylic acids is 1. The van der Waals surface area contributed by atoms with Gasteiger partial charge in [-0.3, -0.25) is 0 Å². The van der Waals surface area contributed by atoms with Gasteiger partial charge in [-0.15, -0.1) is 10.2 Å². The zero-order valence-corrected chi connectivity index (χ0v) is 24.8. The second kappa shape index (κ2) is 14.4. The maximum absolute atomic E-state index is 13.2. The molecule has 5 rings (SSSR count). The van der Waals surface area contributed by atoms with Crippen LogP contribution in [0.25, 0.3) is 22.8 Å². The van der Waals surface area contributed by atoms with E-state index < -0.39 is 31.5 Å². The second-order valence-corrected chi connectivity index (χ2v) is 11.2. The van der Waals surface area contributed by atoms with E-state index in [1.54, 1.807) is 12.1 Å². The Kier molecular flexibility index (Phi) is 10.3. The molecular formula is C28H30F7N11O. The van der Waals surface area contributed by atoms with E-state index in [1.807, 2.05) is 0 Å². The number of piperidine rings is 1. The van der Waals surface area contributed by atoms with Crippen molar-refractivity contribution in [2.24, 2.45) is 5.92 Å². The number of aromatic nitrogens is 8. The minimum atomic E-state index is -4.67. The van der Waals surface area contributed by atoms with E-state index in [4.69, 9.17) is 0 Å². The number of alkyl halides is 6. The lowest BCUT2D eigenvalue weighted by Crippen LogP contribution is -2.38. The number of nitrogens with zero attached hydrogens (tertiary/aromatic N) is 9. The number of rotatable bonds is 11. The van der Waals surface area contributed by atoms with Crippen molar-refractivity contribution in [2.75, 3.05) is 31.5 Å². The standard InChI is InChI=1S/C28H30F7N11O/c29-22-6-4-18(5-7-22)11-19-3-1-9-44(15-19)10-2-8-36-26(47)37-23-13-20(24-38-40-42-45(24)16-27(30,31)32)12-21(14-23)25-39-41-43-46(25)17-28(33,34)35/h4-7,12-14,19H,1-3,8-11,15-17H2,(H2,36,37,47). The molecule has 2 N–H and O–H groups in total. The van der Waals surface area contributed by atoms with E-state index in [2.05, 4.69) is 46.6 Å². The van der Waals surface area contributed by atoms with Crippen molar-refractivity contribution in [3.63, 3.8) is 0 Å². The monoisotopic (exact) mass is 669 g/mol. The van der Waals surface area contributed by atoms with Crippen molar-refractivity contribution in [3.8, 4) is 22.8 Å². The molecule has 1 fully saturated rings. The molecule has 47 heavy (non-hydrogen) atoms. The van der Waals surface area contributed by atoms with Crippen molar-refractivity contribution in [3.05, 3.63) is 53.8 Å². The summed E-state index contributed by atoms with van der Waals surface area (Å²) in [5, 5.41) is 25.9. The van der Waals surface area contributed by atoms with Crippen molar-refractivity contribution in [1.82, 2.24) is 50.6 Å². The fraction of sp³-hybridized carbons (Fsp3) is 0.464. The van der Waals surface area contributed by atoms with Crippen LogP contribution in [0.2, 0.25) is 0 Å². The van der Waals surface area contributed by atoms with Crippen LogP contribution in [0.15, 0.2) is 42.5 Å². The first-order valence-electron chi connectivity index (χ1n) is 14.6. The fourth-order valence-electron chi connectivity index (χ4n) is 5.49. The lowest BCUT2D eigenvalue weighted by atomic mass is 9.91. The Balaban J connectivity index is 1.23. The van der Waals surface area contributed by atoms with Gasteiger partial charge in [-0.05, 0) is 101 Å². The van der Waals surface area contributed by atoms with Crippen LogP contribution in [-0.2, 0) is 19.5 Å². The first-order valence-corrected chi connectivity index (χ1v) is 14.6. The molecule has 0 radical (unpaired) electrons. The van der Waals surface area contributed by atoms with Gasteiger partial charge < -0.3 is 15.5 Å². The minimum Gasteiger partial charge on any atom is -0.338 e. The van der Waals surface area contributed by atoms with Gasteiger partial charge in [0, 0.05) is 29.9 Å². The first-order chi connectivity index (χ1) is 22.3. The molecule has 2 aromatic heterocycles. The maximum atomic E-state index is 13.2. The molecule has 1 aliphatic heterocycles. The minimum absolute atomic E-state index is 0.0257. The third kappa shape index (κ3) is 9.90. The zero-order valence-electron chi connectivity index (χ0n) is 24.8. The smallest absolute Gasteiger partial charge is 0.338 e. The summed E-state index contributed by atoms with van der Waals surface area (Å²) in [5.41, 5.74) is 1.04. The topological polar surface area (TPSA) is 132 Å². The summed E-state index contributed by atoms with van der Waals surface area (Å²) in [5.74, 6) is -0.529. The van der Waals surface area contributed by atoms with Crippen LogP contribution in [0.3, 0.4) is 0 Å². The Morgan fingerprint density at radius 1 is 0.872 bits per heavy atom. The van der Waals surface area contributed by atoms with Gasteiger partial charge in [0.2, 0.25) is 0 Å². The maximum Gasteiger partial charge on any atom is 0.408 e. The Morgan fingerprint density at radius 2 is 1.47 bits per heavy atom. The molecule has 1 atom stereocenters. The average molecular weight is 670 g/mol. The highest BCUT2D eigenvalue weighted by Gasteiger charge is 2.32. The predicted molar refractivity (Wildman–Crippen MR) is 153 cm³/mol. The molecule has 12 nitrogen and oxygen atoms in total. The summed E-state index contributed by atoms with van der Waals surface area (Å²) in [4.78, 5) is 15.1. The molecule has 4 aromatic rings. The first kappa shape index (κ1) is 33.7. The summed E-state index contributed by atoms with van der Waals surface area (Å²) < 4.78 is 93.0. The van der Waals surface area contributed by atoms with Crippen molar-refractivity contribution < 1.29 is 35.5 Å². The summed E-state index contributed by atoms with van der Waals surface area (Å²) in [6.07, 6.45) is -5.77. The molecular weight excluding hydrogens is 639 g/mol. The Morgan fingerprint density at radius 3 is 2.04 bits per heavy atom. The summed E-state index contributed by atoms with van der Waals surface area (Å²) in [6, 6.07) is 9.65. The van der Waals surface area contributed by atoms with Crippen LogP contribution in [0, 0.1) is 11.7 Å². The number of tetrazole rings is 2. The molecule has 2 aromatic carbocycles. The largest absolute Gasteiger partial charge is 0.408 e. The quantitative estimate of drug-likeness (QED) is 0.173. The highest BCUT2D eigenvalue weighted by atomic mass is 19.4. The third-order valence-corrected chi connectivity index (χ3v) is 7.41. The van der Waals surface area contributed by atoms with Crippen LogP contribution in [0.1, 0.15) is 24.8 Å². The Hall–Kier alpha value is -4.68. The molecule has 0 spiro atoms. The Bertz CT molecular complexity index is 1560. The number of hydrogen-bond acceptors (Lipinski definition) is 8. The number of benzene rings is 2. The number of amides is 2. The molecule has 0 saturated carbocycles. The molecule has 0 aliphatic carbocycles. The van der Waals surface area contributed by atoms with Gasteiger partial charge >= 0.3 is 18.4 Å². The molecule has 252 valence electrons. The Labute approximate surface area is 263 Å². The number of urea groups is 1. The van der Waals surface area contributed by atoms with Crippen molar-refractivity contribution >= 4 is 11.7 Å². The number of halogens is 7. The lowest BCUT2D eigenvalue weighted by Gasteiger charge is -2.32. The van der Waals surface area contributed by atoms with Gasteiger partial charge in [0.05, 0.1) is 0 Å². The number of hydrogen-bond donors (Lipinski definition) is 2. The molecule has 1 saturated heterocycles. The van der Waals surface area contributed by atoms with Crippen molar-refractivity contribution in [1.29, 1.82) is 0 Å². The van der Waals surface area contributed by atoms with E-state index >= 15 is 0 Å². The molecule has 1 aliphatic rings. The number of nitrogens with one attached hydrogen (secondary N) is 2. The predicted octanol–water partition coefficient (Wildman–Crippen LogP) is 4.72. The molecule has 1 unspecified atom stereocenters.